The summed E-state index contributed by atoms with van der Waals surface area (Å²) in [6.45, 7) is 40.1. The molecule has 3 aliphatic rings. The number of ketones is 3. The van der Waals surface area contributed by atoms with Crippen LogP contribution in [0.1, 0.15) is 208 Å². The minimum atomic E-state index is -1.40. The Morgan fingerprint density at radius 3 is 0.792 bits per heavy atom. The van der Waals surface area contributed by atoms with Crippen molar-refractivity contribution in [1.29, 1.82) is 0 Å². The van der Waals surface area contributed by atoms with Crippen molar-refractivity contribution in [3.05, 3.63) is 89.5 Å². The van der Waals surface area contributed by atoms with Gasteiger partial charge in [-0.05, 0) is 181 Å². The van der Waals surface area contributed by atoms with Crippen molar-refractivity contribution in [3.63, 3.8) is 0 Å². The minimum Gasteiger partial charge on any atom is -0.490 e. The number of carbonyl (C=O) groups excluding carboxylic acids is 9. The van der Waals surface area contributed by atoms with Crippen LogP contribution in [0.25, 0.3) is 0 Å². The number of rotatable bonds is 36. The predicted molar refractivity (Wildman–Crippen MR) is 379 cm³/mol. The smallest absolute Gasteiger partial charge is 0.311 e. The lowest BCUT2D eigenvalue weighted by Gasteiger charge is -2.20. The molecule has 3 saturated heterocycles. The summed E-state index contributed by atoms with van der Waals surface area (Å²) in [5, 5.41) is 29.0. The molecule has 24 heteroatoms. The molecule has 3 aliphatic heterocycles. The maximum atomic E-state index is 11.9. The van der Waals surface area contributed by atoms with Crippen LogP contribution in [0.5, 0.6) is 17.2 Å². The average molecular weight is 1430 g/mol. The zero-order valence-corrected chi connectivity index (χ0v) is 63.6. The summed E-state index contributed by atoms with van der Waals surface area (Å²) in [6.07, 6.45) is 5.22. The second-order valence-electron chi connectivity index (χ2n) is 27.7. The van der Waals surface area contributed by atoms with E-state index in [9.17, 15) is 58.5 Å². The molecule has 6 rings (SSSR count). The summed E-state index contributed by atoms with van der Waals surface area (Å²) in [5.74, 6) is -0.512. The second-order valence-corrected chi connectivity index (χ2v) is 27.7. The van der Waals surface area contributed by atoms with Crippen molar-refractivity contribution in [2.24, 2.45) is 34.5 Å². The minimum absolute atomic E-state index is 0.0220. The van der Waals surface area contributed by atoms with Crippen molar-refractivity contribution in [2.75, 3.05) is 79.3 Å². The Kier molecular flexibility index (Phi) is 41.4. The molecule has 24 nitrogen and oxygen atoms in total. The fourth-order valence-corrected chi connectivity index (χ4v) is 6.99. The van der Waals surface area contributed by atoms with Gasteiger partial charge in [0.1, 0.15) is 112 Å². The number of carbonyl (C=O) groups is 9. The van der Waals surface area contributed by atoms with Crippen LogP contribution >= 0.6 is 0 Å². The summed E-state index contributed by atoms with van der Waals surface area (Å²) in [6, 6.07) is 19.5. The van der Waals surface area contributed by atoms with Crippen LogP contribution in [0, 0.1) is 34.5 Å². The van der Waals surface area contributed by atoms with E-state index < -0.39 is 22.2 Å². The number of hydrogen-bond donors (Lipinski definition) is 3. The Balaban J connectivity index is 0.000000622. The van der Waals surface area contributed by atoms with Gasteiger partial charge in [-0.3, -0.25) is 43.2 Å². The molecule has 3 N–H and O–H groups in total. The van der Waals surface area contributed by atoms with E-state index in [1.165, 1.54) is 41.5 Å². The van der Waals surface area contributed by atoms with Crippen molar-refractivity contribution in [2.45, 2.75) is 212 Å². The molecule has 3 aromatic rings. The Hall–Kier alpha value is -7.35. The van der Waals surface area contributed by atoms with E-state index >= 15 is 0 Å². The molecule has 7 atom stereocenters. The SMILES string of the molecule is CCC(C)(C)C(=O)OCC1CO1.CCC(C)(C)C(=O)OCCOc1ccc(C(=O)C(C)(C)O)cc1.CCC(C)C(=O)OCC1CO1.CCC(C)C(=O)OCC1CO1.CCC(C)C(=O)OCCOc1ccc(C(=O)C(C)(C)O)cc1.CCC(C)C(=O)OCCOc1ccc(C(=O)C(C)(C)O)cc1. The van der Waals surface area contributed by atoms with Crippen LogP contribution in [0.15, 0.2) is 72.8 Å². The molecule has 3 heterocycles. The molecule has 570 valence electrons. The van der Waals surface area contributed by atoms with Crippen LogP contribution in [0.3, 0.4) is 0 Å². The van der Waals surface area contributed by atoms with E-state index in [1.54, 1.807) is 72.8 Å². The highest BCUT2D eigenvalue weighted by molar-refractivity contribution is 6.03. The molecule has 3 aromatic carbocycles. The van der Waals surface area contributed by atoms with Crippen LogP contribution < -0.4 is 14.2 Å². The molecule has 101 heavy (non-hydrogen) atoms. The van der Waals surface area contributed by atoms with Crippen LogP contribution in [0.4, 0.5) is 0 Å². The second kappa shape index (κ2) is 45.6. The van der Waals surface area contributed by atoms with Gasteiger partial charge in [0.2, 0.25) is 0 Å². The Morgan fingerprint density at radius 1 is 0.356 bits per heavy atom. The van der Waals surface area contributed by atoms with E-state index in [0.717, 1.165) is 51.9 Å². The van der Waals surface area contributed by atoms with Gasteiger partial charge in [-0.2, -0.15) is 0 Å². The van der Waals surface area contributed by atoms with Gasteiger partial charge in [-0.15, -0.1) is 0 Å². The summed E-state index contributed by atoms with van der Waals surface area (Å²) in [4.78, 5) is 104. The molecule has 0 aliphatic carbocycles. The van der Waals surface area contributed by atoms with Gasteiger partial charge < -0.3 is 72.2 Å². The molecule has 0 radical (unpaired) electrons. The number of esters is 6. The Labute approximate surface area is 598 Å². The third kappa shape index (κ3) is 39.0. The molecule has 0 aromatic heterocycles. The number of hydrogen-bond acceptors (Lipinski definition) is 24. The van der Waals surface area contributed by atoms with Gasteiger partial charge in [0, 0.05) is 16.7 Å². The largest absolute Gasteiger partial charge is 0.490 e. The lowest BCUT2D eigenvalue weighted by Crippen LogP contribution is -2.31. The Bertz CT molecular complexity index is 2830. The van der Waals surface area contributed by atoms with Gasteiger partial charge in [0.05, 0.1) is 54.3 Å². The van der Waals surface area contributed by atoms with Crippen molar-refractivity contribution in [3.8, 4) is 17.2 Å². The highest BCUT2D eigenvalue weighted by Crippen LogP contribution is 2.25. The molecule has 0 bridgehead atoms. The van der Waals surface area contributed by atoms with Crippen LogP contribution in [-0.2, 0) is 71.4 Å². The zero-order valence-electron chi connectivity index (χ0n) is 63.6. The summed E-state index contributed by atoms with van der Waals surface area (Å²) in [5.41, 5.74) is -3.78. The fourth-order valence-electron chi connectivity index (χ4n) is 6.99. The molecular weight excluding hydrogens is 1310 g/mol. The third-order valence-electron chi connectivity index (χ3n) is 16.2. The van der Waals surface area contributed by atoms with Gasteiger partial charge in [-0.1, -0.05) is 69.2 Å². The van der Waals surface area contributed by atoms with Crippen molar-refractivity contribution >= 4 is 53.2 Å². The van der Waals surface area contributed by atoms with E-state index in [-0.39, 0.29) is 140 Å². The molecule has 7 unspecified atom stereocenters. The number of aliphatic hydroxyl groups is 3. The summed E-state index contributed by atoms with van der Waals surface area (Å²) >= 11 is 0. The van der Waals surface area contributed by atoms with Gasteiger partial charge in [-0.25, -0.2) is 0 Å². The molecule has 3 fully saturated rings. The third-order valence-corrected chi connectivity index (χ3v) is 16.2. The van der Waals surface area contributed by atoms with E-state index in [0.29, 0.717) is 60.2 Å². The molecule has 0 spiro atoms. The molecular formula is C77H118O24. The highest BCUT2D eigenvalue weighted by atomic mass is 16.6. The van der Waals surface area contributed by atoms with Crippen LogP contribution in [-0.4, -0.2) is 183 Å². The Morgan fingerprint density at radius 2 is 0.574 bits per heavy atom. The maximum absolute atomic E-state index is 11.9. The lowest BCUT2D eigenvalue weighted by molar-refractivity contribution is -0.155. The first-order valence-electron chi connectivity index (χ1n) is 35.0. The van der Waals surface area contributed by atoms with Gasteiger partial charge >= 0.3 is 35.8 Å². The average Bonchev–Trinajstić information content (AvgIpc) is 1.84. The molecule has 0 saturated carbocycles. The quantitative estimate of drug-likeness (QED) is 0.0160. The first-order valence-corrected chi connectivity index (χ1v) is 35.0. The summed E-state index contributed by atoms with van der Waals surface area (Å²) < 4.78 is 61.4. The number of benzene rings is 3. The molecule has 0 amide bonds. The monoisotopic (exact) mass is 1430 g/mol. The van der Waals surface area contributed by atoms with Gasteiger partial charge in [0.25, 0.3) is 0 Å². The standard InChI is InChI=1S/C18H26O5.2C17H24O5.C9H16O3.2C8H14O3/c1-6-17(2,3)16(20)23-12-11-22-14-9-7-13(8-10-14)15(19)18(4,5)21;2*1-5-12(2)16(19)22-11-10-21-14-8-6-13(7-9-14)15(18)17(3,4)20;1-4-9(2,3)8(10)12-6-7-5-11-7;2*1-3-6(2)8(9)11-5-7-4-10-7/h7-10,21H,6,11-12H2,1-5H3;2*6-9,12,20H,5,10-11H2,1-4H3;7H,4-6H2,1-3H3;2*6-7H,3-5H2,1-2H3. The van der Waals surface area contributed by atoms with E-state index in [1.807, 2.05) is 96.9 Å². The lowest BCUT2D eigenvalue weighted by atomic mass is 9.91. The van der Waals surface area contributed by atoms with E-state index in [2.05, 4.69) is 0 Å². The van der Waals surface area contributed by atoms with Crippen molar-refractivity contribution in [1.82, 2.24) is 0 Å². The first kappa shape index (κ1) is 91.7. The summed E-state index contributed by atoms with van der Waals surface area (Å²) in [7, 11) is 0. The normalized spacial score (nSPS) is 16.1. The highest BCUT2D eigenvalue weighted by Gasteiger charge is 2.33. The number of epoxide rings is 3. The van der Waals surface area contributed by atoms with E-state index in [4.69, 9.17) is 56.8 Å². The first-order chi connectivity index (χ1) is 47.1. The van der Waals surface area contributed by atoms with Crippen molar-refractivity contribution < 1.29 is 115 Å². The zero-order chi connectivity index (χ0) is 76.9. The topological polar surface area (TPSA) is 335 Å². The number of ether oxygens (including phenoxy) is 12. The van der Waals surface area contributed by atoms with Crippen LogP contribution in [0.2, 0.25) is 0 Å². The predicted octanol–water partition coefficient (Wildman–Crippen LogP) is 11.5. The number of Topliss-reactive ketones (excluding diaryl/α,β-unsaturated/α-hetero) is 3. The van der Waals surface area contributed by atoms with Gasteiger partial charge in [0.15, 0.2) is 17.3 Å². The fraction of sp³-hybridized carbons (Fsp3) is 0.649. The maximum Gasteiger partial charge on any atom is 0.311 e.